The lowest BCUT2D eigenvalue weighted by Crippen LogP contribution is -2.44. The van der Waals surface area contributed by atoms with Crippen LogP contribution < -0.4 is 20.7 Å². The molecule has 0 fully saturated rings. The Morgan fingerprint density at radius 2 is 1.89 bits per heavy atom. The van der Waals surface area contributed by atoms with Gasteiger partial charge in [-0.05, 0) is 52.0 Å². The van der Waals surface area contributed by atoms with Crippen LogP contribution in [0.4, 0.5) is 4.39 Å². The number of nitrogens with one attached hydrogen (secondary N) is 3. The number of aliphatic hydroxyl groups is 1. The zero-order valence-corrected chi connectivity index (χ0v) is 18.5. The van der Waals surface area contributed by atoms with Crippen molar-refractivity contribution in [3.05, 3.63) is 30.1 Å². The molecule has 1 rings (SSSR count). The van der Waals surface area contributed by atoms with Gasteiger partial charge in [0, 0.05) is 18.6 Å². The monoisotopic (exact) mass is 496 g/mol. The van der Waals surface area contributed by atoms with E-state index in [0.717, 1.165) is 0 Å². The topological polar surface area (TPSA) is 95.0 Å². The smallest absolute Gasteiger partial charge is 0.242 e. The number of rotatable bonds is 8. The second kappa shape index (κ2) is 12.7. The van der Waals surface area contributed by atoms with Crippen LogP contribution in [0.15, 0.2) is 29.3 Å². The van der Waals surface area contributed by atoms with E-state index in [9.17, 15) is 14.3 Å². The van der Waals surface area contributed by atoms with Crippen molar-refractivity contribution >= 4 is 35.8 Å². The Morgan fingerprint density at radius 1 is 1.26 bits per heavy atom. The van der Waals surface area contributed by atoms with Gasteiger partial charge in [0.1, 0.15) is 30.8 Å². The zero-order valence-electron chi connectivity index (χ0n) is 16.2. The molecule has 0 radical (unpaired) electrons. The van der Waals surface area contributed by atoms with E-state index in [1.54, 1.807) is 0 Å². The standard InChI is InChI=1S/C18H29FN4O3.HI/c1-5-20-17(22-11-16(25)23-18(2,3)4)21-10-14(24)12-26-15-8-6-13(19)7-9-15;/h6-9,14,24H,5,10-12H2,1-4H3,(H,23,25)(H2,20,21,22);1H. The fraction of sp³-hybridized carbons (Fsp3) is 0.556. The van der Waals surface area contributed by atoms with E-state index >= 15 is 0 Å². The molecule has 0 aliphatic rings. The fourth-order valence-corrected chi connectivity index (χ4v) is 1.95. The normalized spacial score (nSPS) is 12.6. The molecule has 154 valence electrons. The molecule has 4 N–H and O–H groups in total. The van der Waals surface area contributed by atoms with Crippen molar-refractivity contribution in [3.8, 4) is 5.75 Å². The number of carbonyl (C=O) groups is 1. The van der Waals surface area contributed by atoms with E-state index in [-0.39, 0.29) is 60.9 Å². The highest BCUT2D eigenvalue weighted by Crippen LogP contribution is 2.11. The van der Waals surface area contributed by atoms with Gasteiger partial charge in [0.25, 0.3) is 0 Å². The van der Waals surface area contributed by atoms with Gasteiger partial charge in [-0.2, -0.15) is 0 Å². The van der Waals surface area contributed by atoms with E-state index in [1.807, 2.05) is 27.7 Å². The molecule has 0 heterocycles. The van der Waals surface area contributed by atoms with Crippen LogP contribution >= 0.6 is 24.0 Å². The van der Waals surface area contributed by atoms with Crippen molar-refractivity contribution < 1.29 is 19.0 Å². The molecular weight excluding hydrogens is 466 g/mol. The van der Waals surface area contributed by atoms with Crippen molar-refractivity contribution in [2.45, 2.75) is 39.3 Å². The molecule has 27 heavy (non-hydrogen) atoms. The van der Waals surface area contributed by atoms with Crippen molar-refractivity contribution in [1.29, 1.82) is 0 Å². The van der Waals surface area contributed by atoms with Crippen molar-refractivity contribution in [2.75, 3.05) is 26.2 Å². The number of guanidine groups is 1. The summed E-state index contributed by atoms with van der Waals surface area (Å²) in [6.45, 7) is 8.43. The lowest BCUT2D eigenvalue weighted by atomic mass is 10.1. The Bertz CT molecular complexity index is 591. The number of nitrogens with zero attached hydrogens (tertiary/aromatic N) is 1. The molecule has 9 heteroatoms. The van der Waals surface area contributed by atoms with Gasteiger partial charge < -0.3 is 25.8 Å². The summed E-state index contributed by atoms with van der Waals surface area (Å²) in [4.78, 5) is 16.0. The summed E-state index contributed by atoms with van der Waals surface area (Å²) >= 11 is 0. The molecular formula is C18H30FIN4O3. The molecule has 0 aromatic heterocycles. The summed E-state index contributed by atoms with van der Waals surface area (Å²) in [6, 6.07) is 5.57. The molecule has 0 aliphatic heterocycles. The van der Waals surface area contributed by atoms with Crippen LogP contribution in [0, 0.1) is 5.82 Å². The van der Waals surface area contributed by atoms with Crippen molar-refractivity contribution in [2.24, 2.45) is 4.99 Å². The molecule has 0 aliphatic carbocycles. The SMILES string of the molecule is CCNC(=NCC(=O)NC(C)(C)C)NCC(O)COc1ccc(F)cc1.I. The molecule has 0 spiro atoms. The highest BCUT2D eigenvalue weighted by Gasteiger charge is 2.13. The van der Waals surface area contributed by atoms with Gasteiger partial charge in [-0.25, -0.2) is 9.38 Å². The summed E-state index contributed by atoms with van der Waals surface area (Å²) < 4.78 is 18.2. The number of carbonyl (C=O) groups excluding carboxylic acids is 1. The Kier molecular flexibility index (Phi) is 11.9. The molecule has 7 nitrogen and oxygen atoms in total. The third kappa shape index (κ3) is 12.4. The Hall–Kier alpha value is -1.62. The first kappa shape index (κ1) is 25.4. The van der Waals surface area contributed by atoms with Gasteiger partial charge in [-0.15, -0.1) is 24.0 Å². The number of ether oxygens (including phenoxy) is 1. The summed E-state index contributed by atoms with van der Waals surface area (Å²) in [7, 11) is 0. The van der Waals surface area contributed by atoms with E-state index in [2.05, 4.69) is 20.9 Å². The minimum atomic E-state index is -0.799. The maximum absolute atomic E-state index is 12.8. The number of hydrogen-bond donors (Lipinski definition) is 4. The van der Waals surface area contributed by atoms with Gasteiger partial charge in [-0.3, -0.25) is 4.79 Å². The third-order valence-corrected chi connectivity index (χ3v) is 3.00. The summed E-state index contributed by atoms with van der Waals surface area (Å²) in [5.41, 5.74) is -0.313. The predicted molar refractivity (Wildman–Crippen MR) is 115 cm³/mol. The summed E-state index contributed by atoms with van der Waals surface area (Å²) in [6.07, 6.45) is -0.799. The largest absolute Gasteiger partial charge is 0.491 e. The molecule has 1 aromatic carbocycles. The van der Waals surface area contributed by atoms with Crippen LogP contribution in [0.2, 0.25) is 0 Å². The second-order valence-electron chi connectivity index (χ2n) is 6.79. The highest BCUT2D eigenvalue weighted by molar-refractivity contribution is 14.0. The number of benzene rings is 1. The quantitative estimate of drug-likeness (QED) is 0.250. The van der Waals surface area contributed by atoms with Gasteiger partial charge in [0.2, 0.25) is 5.91 Å². The van der Waals surface area contributed by atoms with Gasteiger partial charge in [0.05, 0.1) is 0 Å². The third-order valence-electron chi connectivity index (χ3n) is 3.00. The van der Waals surface area contributed by atoms with Crippen molar-refractivity contribution in [1.82, 2.24) is 16.0 Å². The van der Waals surface area contributed by atoms with E-state index in [0.29, 0.717) is 18.3 Å². The Balaban J connectivity index is 0.00000676. The minimum absolute atomic E-state index is 0. The minimum Gasteiger partial charge on any atom is -0.491 e. The maximum atomic E-state index is 12.8. The summed E-state index contributed by atoms with van der Waals surface area (Å²) in [5, 5.41) is 18.8. The number of halogens is 2. The highest BCUT2D eigenvalue weighted by atomic mass is 127. The lowest BCUT2D eigenvalue weighted by Gasteiger charge is -2.20. The van der Waals surface area contributed by atoms with Crippen molar-refractivity contribution in [3.63, 3.8) is 0 Å². The number of amides is 1. The number of hydrogen-bond acceptors (Lipinski definition) is 4. The second-order valence-corrected chi connectivity index (χ2v) is 6.79. The average Bonchev–Trinajstić information content (AvgIpc) is 2.55. The van der Waals surface area contributed by atoms with Gasteiger partial charge in [0.15, 0.2) is 5.96 Å². The molecule has 0 saturated heterocycles. The van der Waals surface area contributed by atoms with E-state index < -0.39 is 6.10 Å². The lowest BCUT2D eigenvalue weighted by molar-refractivity contribution is -0.121. The number of aliphatic hydroxyl groups excluding tert-OH is 1. The first-order chi connectivity index (χ1) is 12.2. The fourth-order valence-electron chi connectivity index (χ4n) is 1.95. The van der Waals surface area contributed by atoms with Crippen LogP contribution in [-0.4, -0.2) is 54.9 Å². The molecule has 1 amide bonds. The van der Waals surface area contributed by atoms with Crippen LogP contribution in [0.25, 0.3) is 0 Å². The Morgan fingerprint density at radius 3 is 2.44 bits per heavy atom. The summed E-state index contributed by atoms with van der Waals surface area (Å²) in [5.74, 6) is 0.374. The van der Waals surface area contributed by atoms with Gasteiger partial charge in [-0.1, -0.05) is 0 Å². The molecule has 1 aromatic rings. The zero-order chi connectivity index (χ0) is 19.6. The number of aliphatic imine (C=N–C) groups is 1. The molecule has 1 unspecified atom stereocenters. The Labute approximate surface area is 177 Å². The first-order valence-electron chi connectivity index (χ1n) is 8.59. The van der Waals surface area contributed by atoms with E-state index in [1.165, 1.54) is 24.3 Å². The average molecular weight is 496 g/mol. The first-order valence-corrected chi connectivity index (χ1v) is 8.59. The molecule has 0 bridgehead atoms. The van der Waals surface area contributed by atoms with Gasteiger partial charge >= 0.3 is 0 Å². The van der Waals surface area contributed by atoms with Crippen LogP contribution in [0.5, 0.6) is 5.75 Å². The van der Waals surface area contributed by atoms with E-state index in [4.69, 9.17) is 4.74 Å². The molecule has 1 atom stereocenters. The predicted octanol–water partition coefficient (Wildman–Crippen LogP) is 1.65. The molecule has 0 saturated carbocycles. The van der Waals surface area contributed by atoms with Crippen LogP contribution in [-0.2, 0) is 4.79 Å². The van der Waals surface area contributed by atoms with Crippen LogP contribution in [0.1, 0.15) is 27.7 Å². The maximum Gasteiger partial charge on any atom is 0.242 e. The van der Waals surface area contributed by atoms with Crippen LogP contribution in [0.3, 0.4) is 0 Å².